The maximum absolute atomic E-state index is 12.5. The van der Waals surface area contributed by atoms with E-state index in [9.17, 15) is 10.1 Å². The molecule has 6 heteroatoms. The van der Waals surface area contributed by atoms with E-state index in [0.717, 1.165) is 31.2 Å². The van der Waals surface area contributed by atoms with Crippen LogP contribution < -0.4 is 5.32 Å². The Bertz CT molecular complexity index is 748. The number of hydrogen-bond donors (Lipinski definition) is 1. The zero-order valence-corrected chi connectivity index (χ0v) is 13.5. The van der Waals surface area contributed by atoms with Gasteiger partial charge in [-0.25, -0.2) is 0 Å². The minimum Gasteiger partial charge on any atom is -0.361 e. The van der Waals surface area contributed by atoms with E-state index in [1.54, 1.807) is 13.8 Å². The fourth-order valence-electron chi connectivity index (χ4n) is 2.92. The Balaban J connectivity index is 1.93. The Morgan fingerprint density at radius 3 is 2.77 bits per heavy atom. The molecule has 5 nitrogen and oxygen atoms in total. The molecule has 0 fully saturated rings. The molecule has 1 amide bonds. The number of aromatic nitrogens is 1. The number of nitrogens with one attached hydrogen (secondary N) is 1. The molecule has 2 aromatic heterocycles. The summed E-state index contributed by atoms with van der Waals surface area (Å²) in [5.74, 6) is 0.232. The smallest absolute Gasteiger partial charge is 0.261 e. The quantitative estimate of drug-likeness (QED) is 0.856. The highest BCUT2D eigenvalue weighted by Crippen LogP contribution is 2.37. The van der Waals surface area contributed by atoms with Crippen molar-refractivity contribution in [3.8, 4) is 6.07 Å². The number of hydrogen-bond acceptors (Lipinski definition) is 5. The summed E-state index contributed by atoms with van der Waals surface area (Å²) in [5.41, 5.74) is 2.76. The Morgan fingerprint density at radius 1 is 1.32 bits per heavy atom. The maximum atomic E-state index is 12.5. The van der Waals surface area contributed by atoms with Crippen LogP contribution in [-0.2, 0) is 12.8 Å². The van der Waals surface area contributed by atoms with E-state index in [-0.39, 0.29) is 5.91 Å². The van der Waals surface area contributed by atoms with Crippen LogP contribution >= 0.6 is 11.3 Å². The highest BCUT2D eigenvalue weighted by Gasteiger charge is 2.23. The van der Waals surface area contributed by atoms with Crippen molar-refractivity contribution in [2.45, 2.75) is 46.0 Å². The number of nitrogens with zero attached hydrogens (tertiary/aromatic N) is 2. The third-order valence-corrected chi connectivity index (χ3v) is 5.23. The molecule has 2 aromatic rings. The zero-order chi connectivity index (χ0) is 15.7. The fourth-order valence-corrected chi connectivity index (χ4v) is 4.16. The van der Waals surface area contributed by atoms with E-state index >= 15 is 0 Å². The molecule has 0 aliphatic heterocycles. The summed E-state index contributed by atoms with van der Waals surface area (Å²) in [5, 5.41) is 16.8. The van der Waals surface area contributed by atoms with Gasteiger partial charge in [-0.2, -0.15) is 5.26 Å². The van der Waals surface area contributed by atoms with Crippen molar-refractivity contribution >= 4 is 22.2 Å². The van der Waals surface area contributed by atoms with Crippen molar-refractivity contribution in [1.29, 1.82) is 5.26 Å². The van der Waals surface area contributed by atoms with Crippen LogP contribution in [0, 0.1) is 25.2 Å². The van der Waals surface area contributed by atoms with E-state index in [0.29, 0.717) is 27.6 Å². The Hall–Kier alpha value is -2.13. The first-order valence-electron chi connectivity index (χ1n) is 7.40. The summed E-state index contributed by atoms with van der Waals surface area (Å²) in [4.78, 5) is 13.7. The molecule has 0 aromatic carbocycles. The standard InChI is InChI=1S/C16H17N3O2S/c1-9-14(10(2)21-19-9)15(20)18-16-12(8-17)11-6-4-3-5-7-13(11)22-16/h3-7H2,1-2H3,(H,18,20). The largest absolute Gasteiger partial charge is 0.361 e. The molecule has 0 bridgehead atoms. The molecule has 1 N–H and O–H groups in total. The molecule has 0 saturated carbocycles. The summed E-state index contributed by atoms with van der Waals surface area (Å²) in [6.07, 6.45) is 5.38. The van der Waals surface area contributed by atoms with Gasteiger partial charge in [0.1, 0.15) is 22.4 Å². The van der Waals surface area contributed by atoms with Gasteiger partial charge in [-0.05, 0) is 45.1 Å². The van der Waals surface area contributed by atoms with Crippen LogP contribution in [0.5, 0.6) is 0 Å². The van der Waals surface area contributed by atoms with Gasteiger partial charge in [0.05, 0.1) is 11.3 Å². The lowest BCUT2D eigenvalue weighted by Crippen LogP contribution is -2.13. The number of carbonyl (C=O) groups is 1. The van der Waals surface area contributed by atoms with E-state index in [4.69, 9.17) is 4.52 Å². The molecule has 22 heavy (non-hydrogen) atoms. The Morgan fingerprint density at radius 2 is 2.09 bits per heavy atom. The van der Waals surface area contributed by atoms with Gasteiger partial charge in [0.2, 0.25) is 0 Å². The van der Waals surface area contributed by atoms with E-state index in [1.165, 1.54) is 22.6 Å². The van der Waals surface area contributed by atoms with E-state index < -0.39 is 0 Å². The first kappa shape index (κ1) is 14.8. The first-order valence-corrected chi connectivity index (χ1v) is 8.22. The zero-order valence-electron chi connectivity index (χ0n) is 12.7. The van der Waals surface area contributed by atoms with Crippen molar-refractivity contribution in [1.82, 2.24) is 5.16 Å². The molecule has 0 saturated heterocycles. The van der Waals surface area contributed by atoms with Gasteiger partial charge < -0.3 is 9.84 Å². The third-order valence-electron chi connectivity index (χ3n) is 4.02. The normalized spacial score (nSPS) is 14.0. The molecule has 1 aliphatic carbocycles. The number of carbonyl (C=O) groups excluding carboxylic acids is 1. The lowest BCUT2D eigenvalue weighted by Gasteiger charge is -2.03. The first-order chi connectivity index (χ1) is 10.6. The van der Waals surface area contributed by atoms with E-state index in [1.807, 2.05) is 0 Å². The second-order valence-electron chi connectivity index (χ2n) is 5.53. The molecule has 0 unspecified atom stereocenters. The van der Waals surface area contributed by atoms with Crippen LogP contribution in [0.15, 0.2) is 4.52 Å². The van der Waals surface area contributed by atoms with Gasteiger partial charge >= 0.3 is 0 Å². The van der Waals surface area contributed by atoms with Crippen molar-refractivity contribution in [2.75, 3.05) is 5.32 Å². The number of rotatable bonds is 2. The fraction of sp³-hybridized carbons (Fsp3) is 0.438. The Labute approximate surface area is 132 Å². The molecule has 114 valence electrons. The summed E-state index contributed by atoms with van der Waals surface area (Å²) in [6.45, 7) is 3.45. The van der Waals surface area contributed by atoms with Crippen LogP contribution in [0.4, 0.5) is 5.00 Å². The predicted molar refractivity (Wildman–Crippen MR) is 84.2 cm³/mol. The molecule has 3 rings (SSSR count). The average molecular weight is 315 g/mol. The highest BCUT2D eigenvalue weighted by atomic mass is 32.1. The van der Waals surface area contributed by atoms with Crippen LogP contribution in [0.2, 0.25) is 0 Å². The minimum absolute atomic E-state index is 0.260. The topological polar surface area (TPSA) is 78.9 Å². The van der Waals surface area contributed by atoms with Gasteiger partial charge in [0, 0.05) is 4.88 Å². The summed E-state index contributed by atoms with van der Waals surface area (Å²) < 4.78 is 5.04. The van der Waals surface area contributed by atoms with E-state index in [2.05, 4.69) is 16.5 Å². The number of nitriles is 1. The van der Waals surface area contributed by atoms with Gasteiger partial charge in [-0.3, -0.25) is 4.79 Å². The summed E-state index contributed by atoms with van der Waals surface area (Å²) in [7, 11) is 0. The molecule has 0 atom stereocenters. The van der Waals surface area contributed by atoms with Crippen LogP contribution in [0.3, 0.4) is 0 Å². The number of amides is 1. The van der Waals surface area contributed by atoms with Crippen LogP contribution in [-0.4, -0.2) is 11.1 Å². The number of fused-ring (bicyclic) bond motifs is 1. The summed E-state index contributed by atoms with van der Waals surface area (Å²) in [6, 6.07) is 2.27. The molecule has 0 radical (unpaired) electrons. The molecule has 2 heterocycles. The van der Waals surface area contributed by atoms with Gasteiger partial charge in [0.15, 0.2) is 0 Å². The third kappa shape index (κ3) is 2.53. The van der Waals surface area contributed by atoms with Crippen LogP contribution in [0.1, 0.15) is 57.1 Å². The van der Waals surface area contributed by atoms with Crippen molar-refractivity contribution in [3.63, 3.8) is 0 Å². The Kier molecular flexibility index (Phi) is 3.99. The van der Waals surface area contributed by atoms with Gasteiger partial charge in [-0.15, -0.1) is 11.3 Å². The number of anilines is 1. The lowest BCUT2D eigenvalue weighted by atomic mass is 10.1. The second kappa shape index (κ2) is 5.93. The minimum atomic E-state index is -0.260. The predicted octanol–water partition coefficient (Wildman–Crippen LogP) is 3.75. The lowest BCUT2D eigenvalue weighted by molar-refractivity contribution is 0.102. The molecule has 0 spiro atoms. The number of thiophene rings is 1. The highest BCUT2D eigenvalue weighted by molar-refractivity contribution is 7.16. The van der Waals surface area contributed by atoms with Gasteiger partial charge in [0.25, 0.3) is 5.91 Å². The van der Waals surface area contributed by atoms with Crippen LogP contribution in [0.25, 0.3) is 0 Å². The average Bonchev–Trinajstić information content (AvgIpc) is 2.89. The molecular weight excluding hydrogens is 298 g/mol. The maximum Gasteiger partial charge on any atom is 0.261 e. The monoisotopic (exact) mass is 315 g/mol. The molecular formula is C16H17N3O2S. The van der Waals surface area contributed by atoms with Gasteiger partial charge in [-0.1, -0.05) is 11.6 Å². The SMILES string of the molecule is Cc1noc(C)c1C(=O)Nc1sc2c(c1C#N)CCCCC2. The second-order valence-corrected chi connectivity index (χ2v) is 6.64. The van der Waals surface area contributed by atoms with Crippen molar-refractivity contribution in [2.24, 2.45) is 0 Å². The van der Waals surface area contributed by atoms with Crippen molar-refractivity contribution < 1.29 is 9.32 Å². The summed E-state index contributed by atoms with van der Waals surface area (Å²) >= 11 is 1.53. The van der Waals surface area contributed by atoms with Crippen molar-refractivity contribution in [3.05, 3.63) is 33.0 Å². The molecule has 1 aliphatic rings. The number of aryl methyl sites for hydroxylation is 3.